The molecular weight excluding hydrogens is 306 g/mol. The van der Waals surface area contributed by atoms with Gasteiger partial charge in [0.15, 0.2) is 9.84 Å². The molecule has 0 fully saturated rings. The first-order valence-corrected chi connectivity index (χ1v) is 9.77. The highest BCUT2D eigenvalue weighted by Crippen LogP contribution is 2.49. The third-order valence-electron chi connectivity index (χ3n) is 6.97. The number of benzene rings is 1. The third-order valence-corrected chi connectivity index (χ3v) is 9.88. The largest absolute Gasteiger partial charge is 0.293 e. The minimum Gasteiger partial charge on any atom is -0.293 e. The van der Waals surface area contributed by atoms with Gasteiger partial charge in [-0.05, 0) is 97.2 Å². The second-order valence-electron chi connectivity index (χ2n) is 8.10. The van der Waals surface area contributed by atoms with Gasteiger partial charge in [0.05, 0.1) is 9.64 Å². The summed E-state index contributed by atoms with van der Waals surface area (Å²) in [5.74, 6) is 0. The number of hydrogen-bond acceptors (Lipinski definition) is 3. The van der Waals surface area contributed by atoms with E-state index in [0.29, 0.717) is 4.90 Å². The van der Waals surface area contributed by atoms with Crippen molar-refractivity contribution in [1.29, 1.82) is 0 Å². The van der Waals surface area contributed by atoms with Gasteiger partial charge in [-0.1, -0.05) is 0 Å². The average Bonchev–Trinajstić information content (AvgIpc) is 2.47. The number of fused-ring (bicyclic) bond motifs is 1. The molecule has 0 amide bonds. The van der Waals surface area contributed by atoms with Crippen LogP contribution in [0, 0.1) is 27.7 Å². The van der Waals surface area contributed by atoms with Crippen molar-refractivity contribution >= 4 is 9.84 Å². The number of nitrogens with zero attached hydrogens (tertiary/aromatic N) is 1. The predicted octanol–water partition coefficient (Wildman–Crippen LogP) is 4.26. The molecule has 1 unspecified atom stereocenters. The van der Waals surface area contributed by atoms with E-state index in [4.69, 9.17) is 0 Å². The van der Waals surface area contributed by atoms with Gasteiger partial charge in [0.2, 0.25) is 0 Å². The molecule has 0 spiro atoms. The maximum absolute atomic E-state index is 13.7. The van der Waals surface area contributed by atoms with Gasteiger partial charge < -0.3 is 0 Å². The van der Waals surface area contributed by atoms with Gasteiger partial charge in [-0.3, -0.25) is 4.90 Å². The molecule has 2 rings (SSSR count). The average molecular weight is 338 g/mol. The quantitative estimate of drug-likeness (QED) is 0.710. The van der Waals surface area contributed by atoms with Crippen LogP contribution in [-0.4, -0.2) is 30.7 Å². The highest BCUT2D eigenvalue weighted by atomic mass is 32.2. The third kappa shape index (κ3) is 2.07. The molecule has 1 aromatic carbocycles. The van der Waals surface area contributed by atoms with Crippen LogP contribution in [0.4, 0.5) is 0 Å². The summed E-state index contributed by atoms with van der Waals surface area (Å²) < 4.78 is 26.4. The predicted molar refractivity (Wildman–Crippen MR) is 96.9 cm³/mol. The molecule has 1 heterocycles. The van der Waals surface area contributed by atoms with Gasteiger partial charge in [-0.2, -0.15) is 0 Å². The molecular formula is C19H31NO2S. The molecule has 0 bridgehead atoms. The van der Waals surface area contributed by atoms with E-state index in [1.165, 1.54) is 5.56 Å². The van der Waals surface area contributed by atoms with Gasteiger partial charge in [0, 0.05) is 11.6 Å². The zero-order valence-corrected chi connectivity index (χ0v) is 17.1. The van der Waals surface area contributed by atoms with Crippen molar-refractivity contribution in [2.75, 3.05) is 7.05 Å². The van der Waals surface area contributed by atoms with E-state index in [-0.39, 0.29) is 6.04 Å². The van der Waals surface area contributed by atoms with Crippen molar-refractivity contribution in [2.24, 2.45) is 0 Å². The zero-order valence-electron chi connectivity index (χ0n) is 16.2. The van der Waals surface area contributed by atoms with Crippen LogP contribution in [0.15, 0.2) is 4.90 Å². The molecule has 0 aliphatic carbocycles. The fourth-order valence-electron chi connectivity index (χ4n) is 3.84. The Morgan fingerprint density at radius 1 is 0.870 bits per heavy atom. The lowest BCUT2D eigenvalue weighted by Crippen LogP contribution is -2.58. The molecule has 0 saturated carbocycles. The topological polar surface area (TPSA) is 37.4 Å². The zero-order chi connectivity index (χ0) is 18.1. The lowest BCUT2D eigenvalue weighted by molar-refractivity contribution is 0.0817. The smallest absolute Gasteiger partial charge is 0.185 e. The van der Waals surface area contributed by atoms with Crippen LogP contribution in [0.2, 0.25) is 0 Å². The molecule has 4 heteroatoms. The molecule has 1 aromatic rings. The van der Waals surface area contributed by atoms with Gasteiger partial charge in [0.25, 0.3) is 0 Å². The van der Waals surface area contributed by atoms with E-state index >= 15 is 0 Å². The second kappa shape index (κ2) is 5.06. The van der Waals surface area contributed by atoms with Gasteiger partial charge in [0.1, 0.15) is 0 Å². The summed E-state index contributed by atoms with van der Waals surface area (Å²) in [5.41, 5.74) is 4.81. The summed E-state index contributed by atoms with van der Waals surface area (Å²) in [5, 5.41) is 0. The first-order chi connectivity index (χ1) is 10.2. The van der Waals surface area contributed by atoms with Crippen molar-refractivity contribution < 1.29 is 8.42 Å². The molecule has 0 radical (unpaired) electrons. The Balaban J connectivity index is 3.11. The molecule has 0 N–H and O–H groups in total. The van der Waals surface area contributed by atoms with Crippen molar-refractivity contribution in [1.82, 2.24) is 4.90 Å². The molecule has 0 saturated heterocycles. The summed E-state index contributed by atoms with van der Waals surface area (Å²) >= 11 is 0. The van der Waals surface area contributed by atoms with Crippen LogP contribution in [0.25, 0.3) is 0 Å². The summed E-state index contributed by atoms with van der Waals surface area (Å²) in [4.78, 5) is 2.78. The first kappa shape index (κ1) is 18.5. The van der Waals surface area contributed by atoms with E-state index in [2.05, 4.69) is 25.7 Å². The summed E-state index contributed by atoms with van der Waals surface area (Å²) in [7, 11) is -1.42. The van der Waals surface area contributed by atoms with E-state index in [1.54, 1.807) is 0 Å². The maximum atomic E-state index is 13.7. The molecule has 1 aliphatic rings. The Bertz CT molecular complexity index is 773. The van der Waals surface area contributed by atoms with Gasteiger partial charge in [-0.25, -0.2) is 8.42 Å². The minimum absolute atomic E-state index is 0.0505. The molecule has 1 atom stereocenters. The fraction of sp³-hybridized carbons (Fsp3) is 0.684. The second-order valence-corrected chi connectivity index (χ2v) is 10.5. The molecule has 3 nitrogen and oxygen atoms in total. The van der Waals surface area contributed by atoms with E-state index in [1.807, 2.05) is 48.6 Å². The van der Waals surface area contributed by atoms with Crippen LogP contribution in [0.5, 0.6) is 0 Å². The number of sulfone groups is 1. The number of hydrogen-bond donors (Lipinski definition) is 0. The van der Waals surface area contributed by atoms with Gasteiger partial charge in [-0.15, -0.1) is 0 Å². The van der Waals surface area contributed by atoms with Crippen molar-refractivity contribution in [2.45, 2.75) is 83.5 Å². The summed E-state index contributed by atoms with van der Waals surface area (Å²) in [6, 6.07) is 0.0505. The Morgan fingerprint density at radius 3 is 1.78 bits per heavy atom. The lowest BCUT2D eigenvalue weighted by atomic mass is 9.85. The van der Waals surface area contributed by atoms with Crippen LogP contribution in [-0.2, 0) is 9.84 Å². The summed E-state index contributed by atoms with van der Waals surface area (Å²) in [6.45, 7) is 18.1. The first-order valence-electron chi connectivity index (χ1n) is 8.29. The lowest BCUT2D eigenvalue weighted by Gasteiger charge is -2.47. The highest BCUT2D eigenvalue weighted by Gasteiger charge is 2.55. The van der Waals surface area contributed by atoms with Crippen molar-refractivity contribution in [3.05, 3.63) is 27.8 Å². The Kier molecular flexibility index (Phi) is 4.06. The monoisotopic (exact) mass is 337 g/mol. The Morgan fingerprint density at radius 2 is 1.30 bits per heavy atom. The Labute approximate surface area is 142 Å². The fourth-order valence-corrected chi connectivity index (χ4v) is 6.32. The SMILES string of the molecule is Cc1c(C)c(C)c2c(c1C)C(C)N(C)C(C)(C)C(C)(C)S2(=O)=O. The van der Waals surface area contributed by atoms with E-state index in [0.717, 1.165) is 22.3 Å². The molecule has 1 aliphatic heterocycles. The number of rotatable bonds is 0. The van der Waals surface area contributed by atoms with Crippen molar-refractivity contribution in [3.8, 4) is 0 Å². The van der Waals surface area contributed by atoms with Crippen LogP contribution < -0.4 is 0 Å². The van der Waals surface area contributed by atoms with E-state index in [9.17, 15) is 8.42 Å². The van der Waals surface area contributed by atoms with Crippen LogP contribution in [0.1, 0.15) is 68.5 Å². The van der Waals surface area contributed by atoms with E-state index < -0.39 is 20.1 Å². The van der Waals surface area contributed by atoms with Crippen LogP contribution >= 0.6 is 0 Å². The standard InChI is InChI=1S/C19H31NO2S/c1-11-12(2)14(4)17-16(13(11)3)15(5)20(10)18(6,7)19(8,9)23(17,21)22/h15H,1-10H3. The Hall–Kier alpha value is -0.870. The molecule has 23 heavy (non-hydrogen) atoms. The highest BCUT2D eigenvalue weighted by molar-refractivity contribution is 7.93. The summed E-state index contributed by atoms with van der Waals surface area (Å²) in [6.07, 6.45) is 0. The van der Waals surface area contributed by atoms with Gasteiger partial charge >= 0.3 is 0 Å². The van der Waals surface area contributed by atoms with Crippen LogP contribution in [0.3, 0.4) is 0 Å². The van der Waals surface area contributed by atoms with Crippen molar-refractivity contribution in [3.63, 3.8) is 0 Å². The molecule has 0 aromatic heterocycles. The normalized spacial score (nSPS) is 25.7. The maximum Gasteiger partial charge on any atom is 0.185 e. The minimum atomic E-state index is -3.46. The molecule has 130 valence electrons.